The van der Waals surface area contributed by atoms with Gasteiger partial charge in [-0.2, -0.15) is 0 Å². The summed E-state index contributed by atoms with van der Waals surface area (Å²) in [5.41, 5.74) is 1.81. The maximum Gasteiger partial charge on any atom is 0.343 e. The monoisotopic (exact) mass is 467 g/mol. The number of Topliss-reactive ketones (excluding diaryl/α,β-unsaturated/α-hetero) is 1. The molecule has 0 aliphatic rings. The van der Waals surface area contributed by atoms with Gasteiger partial charge < -0.3 is 14.0 Å². The number of ether oxygens (including phenoxy) is 2. The summed E-state index contributed by atoms with van der Waals surface area (Å²) in [5, 5.41) is 0.156. The molecule has 0 N–H and O–H groups in total. The standard InChI is InChI=1S/C21H16Cl3NO5/c1-11-18(20(27)21(24)28)19-15(7-4-8-16(19)30-10-17(26)29-2)25(11)9-12-13(22)5-3-6-14(12)23/h3-8H,9-10H2,1-2H3. The molecule has 0 saturated carbocycles. The van der Waals surface area contributed by atoms with E-state index in [0.29, 0.717) is 32.2 Å². The molecule has 0 saturated heterocycles. The van der Waals surface area contributed by atoms with Crippen molar-refractivity contribution in [3.8, 4) is 5.75 Å². The number of carbonyl (C=O) groups excluding carboxylic acids is 3. The van der Waals surface area contributed by atoms with E-state index in [-0.39, 0.29) is 24.5 Å². The predicted molar refractivity (Wildman–Crippen MR) is 115 cm³/mol. The Morgan fingerprint density at radius 3 is 2.27 bits per heavy atom. The van der Waals surface area contributed by atoms with Gasteiger partial charge in [0.05, 0.1) is 30.1 Å². The lowest BCUT2D eigenvalue weighted by Crippen LogP contribution is -2.13. The molecule has 1 heterocycles. The number of rotatable bonds is 7. The van der Waals surface area contributed by atoms with E-state index in [0.717, 1.165) is 0 Å². The van der Waals surface area contributed by atoms with Crippen LogP contribution in [0.2, 0.25) is 10.0 Å². The Labute approximate surface area is 187 Å². The van der Waals surface area contributed by atoms with Crippen LogP contribution in [-0.4, -0.2) is 35.3 Å². The molecular formula is C21H16Cl3NO5. The molecule has 0 bridgehead atoms. The number of fused-ring (bicyclic) bond motifs is 1. The van der Waals surface area contributed by atoms with Gasteiger partial charge in [-0.15, -0.1) is 0 Å². The van der Waals surface area contributed by atoms with E-state index in [1.807, 2.05) is 0 Å². The van der Waals surface area contributed by atoms with Crippen molar-refractivity contribution < 1.29 is 23.9 Å². The zero-order valence-electron chi connectivity index (χ0n) is 16.0. The molecule has 0 spiro atoms. The molecule has 9 heteroatoms. The summed E-state index contributed by atoms with van der Waals surface area (Å²) in [7, 11) is 1.24. The Morgan fingerprint density at radius 2 is 1.67 bits per heavy atom. The number of hydrogen-bond donors (Lipinski definition) is 0. The molecule has 0 unspecified atom stereocenters. The van der Waals surface area contributed by atoms with Crippen LogP contribution in [0.1, 0.15) is 21.6 Å². The molecule has 30 heavy (non-hydrogen) atoms. The maximum absolute atomic E-state index is 12.6. The first-order chi connectivity index (χ1) is 14.3. The van der Waals surface area contributed by atoms with Gasteiger partial charge >= 0.3 is 5.97 Å². The van der Waals surface area contributed by atoms with Crippen molar-refractivity contribution in [3.05, 3.63) is 63.3 Å². The van der Waals surface area contributed by atoms with Crippen LogP contribution in [0.5, 0.6) is 5.75 Å². The topological polar surface area (TPSA) is 74.6 Å². The van der Waals surface area contributed by atoms with E-state index in [4.69, 9.17) is 39.5 Å². The molecule has 3 aromatic rings. The van der Waals surface area contributed by atoms with E-state index in [1.165, 1.54) is 7.11 Å². The minimum absolute atomic E-state index is 0.0913. The van der Waals surface area contributed by atoms with Crippen LogP contribution in [0.25, 0.3) is 10.9 Å². The van der Waals surface area contributed by atoms with Crippen molar-refractivity contribution in [2.75, 3.05) is 13.7 Å². The Balaban J connectivity index is 2.23. The van der Waals surface area contributed by atoms with Crippen LogP contribution in [-0.2, 0) is 20.9 Å². The SMILES string of the molecule is COC(=O)COc1cccc2c1c(C(=O)C(=O)Cl)c(C)n2Cc1c(Cl)cccc1Cl. The van der Waals surface area contributed by atoms with Gasteiger partial charge in [0.2, 0.25) is 5.78 Å². The summed E-state index contributed by atoms with van der Waals surface area (Å²) in [6, 6.07) is 10.2. The van der Waals surface area contributed by atoms with Crippen molar-refractivity contribution >= 4 is 62.7 Å². The van der Waals surface area contributed by atoms with Crippen LogP contribution >= 0.6 is 34.8 Å². The summed E-state index contributed by atoms with van der Waals surface area (Å²) in [6.07, 6.45) is 0. The van der Waals surface area contributed by atoms with E-state index in [1.54, 1.807) is 47.9 Å². The van der Waals surface area contributed by atoms with Gasteiger partial charge in [-0.1, -0.05) is 35.3 Å². The smallest absolute Gasteiger partial charge is 0.343 e. The molecule has 2 aromatic carbocycles. The lowest BCUT2D eigenvalue weighted by atomic mass is 10.1. The third-order valence-electron chi connectivity index (χ3n) is 4.67. The van der Waals surface area contributed by atoms with Gasteiger partial charge in [0.1, 0.15) is 5.75 Å². The van der Waals surface area contributed by atoms with Crippen LogP contribution in [0.4, 0.5) is 0 Å². The van der Waals surface area contributed by atoms with Crippen molar-refractivity contribution in [1.82, 2.24) is 4.57 Å². The number of nitrogens with zero attached hydrogens (tertiary/aromatic N) is 1. The number of esters is 1. The Kier molecular flexibility index (Phi) is 6.71. The molecule has 3 rings (SSSR count). The Bertz CT molecular complexity index is 1150. The van der Waals surface area contributed by atoms with E-state index in [2.05, 4.69) is 4.74 Å². The highest BCUT2D eigenvalue weighted by Crippen LogP contribution is 2.36. The minimum atomic E-state index is -1.13. The zero-order valence-corrected chi connectivity index (χ0v) is 18.3. The molecule has 0 fully saturated rings. The summed E-state index contributed by atoms with van der Waals surface area (Å²) in [6.45, 7) is 1.56. The first-order valence-electron chi connectivity index (χ1n) is 8.74. The number of carbonyl (C=O) groups is 3. The number of methoxy groups -OCH3 is 1. The average Bonchev–Trinajstić information content (AvgIpc) is 3.00. The molecule has 156 valence electrons. The fraction of sp³-hybridized carbons (Fsp3) is 0.190. The second kappa shape index (κ2) is 9.08. The fourth-order valence-corrected chi connectivity index (χ4v) is 3.84. The maximum atomic E-state index is 12.6. The van der Waals surface area contributed by atoms with Gasteiger partial charge in [-0.05, 0) is 42.8 Å². The number of ketones is 1. The molecule has 6 nitrogen and oxygen atoms in total. The van der Waals surface area contributed by atoms with Gasteiger partial charge in [0.25, 0.3) is 5.24 Å². The van der Waals surface area contributed by atoms with Crippen molar-refractivity contribution in [2.24, 2.45) is 0 Å². The lowest BCUT2D eigenvalue weighted by molar-refractivity contribution is -0.142. The molecule has 0 aliphatic carbocycles. The average molecular weight is 469 g/mol. The quantitative estimate of drug-likeness (QED) is 0.215. The summed E-state index contributed by atoms with van der Waals surface area (Å²) >= 11 is 18.1. The highest BCUT2D eigenvalue weighted by atomic mass is 35.5. The first kappa shape index (κ1) is 22.2. The highest BCUT2D eigenvalue weighted by Gasteiger charge is 2.27. The van der Waals surface area contributed by atoms with Gasteiger partial charge in [0.15, 0.2) is 6.61 Å². The molecule has 0 amide bonds. The van der Waals surface area contributed by atoms with E-state index in [9.17, 15) is 14.4 Å². The number of hydrogen-bond acceptors (Lipinski definition) is 5. The second-order valence-electron chi connectivity index (χ2n) is 6.36. The van der Waals surface area contributed by atoms with Crippen molar-refractivity contribution in [1.29, 1.82) is 0 Å². The number of halogens is 3. The second-order valence-corrected chi connectivity index (χ2v) is 7.52. The van der Waals surface area contributed by atoms with E-state index < -0.39 is 17.0 Å². The van der Waals surface area contributed by atoms with Crippen LogP contribution < -0.4 is 4.74 Å². The summed E-state index contributed by atoms with van der Waals surface area (Å²) < 4.78 is 11.9. The third-order valence-corrected chi connectivity index (χ3v) is 5.55. The molecular weight excluding hydrogens is 453 g/mol. The van der Waals surface area contributed by atoms with Crippen LogP contribution in [0.15, 0.2) is 36.4 Å². The Hall–Kier alpha value is -2.54. The molecule has 0 radical (unpaired) electrons. The van der Waals surface area contributed by atoms with Crippen LogP contribution in [0.3, 0.4) is 0 Å². The van der Waals surface area contributed by atoms with Crippen molar-refractivity contribution in [2.45, 2.75) is 13.5 Å². The van der Waals surface area contributed by atoms with E-state index >= 15 is 0 Å². The third kappa shape index (κ3) is 4.17. The minimum Gasteiger partial charge on any atom is -0.481 e. The molecule has 1 aromatic heterocycles. The molecule has 0 aliphatic heterocycles. The van der Waals surface area contributed by atoms with Crippen LogP contribution in [0, 0.1) is 6.92 Å². The van der Waals surface area contributed by atoms with Gasteiger partial charge in [0, 0.05) is 21.3 Å². The lowest BCUT2D eigenvalue weighted by Gasteiger charge is -2.12. The zero-order chi connectivity index (χ0) is 22.0. The summed E-state index contributed by atoms with van der Waals surface area (Å²) in [5.74, 6) is -1.23. The van der Waals surface area contributed by atoms with Gasteiger partial charge in [-0.25, -0.2) is 4.79 Å². The fourth-order valence-electron chi connectivity index (χ4n) is 3.23. The largest absolute Gasteiger partial charge is 0.481 e. The highest BCUT2D eigenvalue weighted by molar-refractivity contribution is 6.83. The Morgan fingerprint density at radius 1 is 1.03 bits per heavy atom. The van der Waals surface area contributed by atoms with Crippen molar-refractivity contribution in [3.63, 3.8) is 0 Å². The normalized spacial score (nSPS) is 10.8. The number of aromatic nitrogens is 1. The number of benzene rings is 2. The predicted octanol–water partition coefficient (Wildman–Crippen LogP) is 4.80. The molecule has 0 atom stereocenters. The first-order valence-corrected chi connectivity index (χ1v) is 9.88. The summed E-state index contributed by atoms with van der Waals surface area (Å²) in [4.78, 5) is 35.8. The van der Waals surface area contributed by atoms with Gasteiger partial charge in [-0.3, -0.25) is 9.59 Å².